The van der Waals surface area contributed by atoms with Crippen molar-refractivity contribution >= 4 is 11.9 Å². The molecule has 132 valence electrons. The molecule has 5 heteroatoms. The molecule has 2 aliphatic heterocycles. The van der Waals surface area contributed by atoms with Crippen LogP contribution in [0.5, 0.6) is 0 Å². The predicted molar refractivity (Wildman–Crippen MR) is 90.2 cm³/mol. The Morgan fingerprint density at radius 3 is 2.43 bits per heavy atom. The number of carbonyl (C=O) groups excluding carboxylic acids is 1. The minimum atomic E-state index is -0.682. The van der Waals surface area contributed by atoms with Crippen LogP contribution in [0.1, 0.15) is 52.9 Å². The van der Waals surface area contributed by atoms with E-state index in [-0.39, 0.29) is 0 Å². The van der Waals surface area contributed by atoms with Crippen molar-refractivity contribution in [3.8, 4) is 0 Å². The van der Waals surface area contributed by atoms with E-state index in [0.29, 0.717) is 42.5 Å². The number of hydrogen-bond donors (Lipinski definition) is 1. The molecule has 0 saturated carbocycles. The average molecular weight is 324 g/mol. The minimum absolute atomic E-state index is 0.299. The number of rotatable bonds is 6. The van der Waals surface area contributed by atoms with Crippen LogP contribution < -0.4 is 0 Å². The normalized spacial score (nSPS) is 26.9. The summed E-state index contributed by atoms with van der Waals surface area (Å²) in [5.74, 6) is 0.935. The molecular formula is C18H32N2O3. The van der Waals surface area contributed by atoms with Crippen LogP contribution in [-0.4, -0.2) is 59.0 Å². The molecule has 2 fully saturated rings. The van der Waals surface area contributed by atoms with E-state index < -0.39 is 5.97 Å². The second-order valence-corrected chi connectivity index (χ2v) is 7.98. The summed E-state index contributed by atoms with van der Waals surface area (Å²) in [5.41, 5.74) is 0. The molecule has 0 bridgehead atoms. The lowest BCUT2D eigenvalue weighted by Gasteiger charge is -2.35. The lowest BCUT2D eigenvalue weighted by Crippen LogP contribution is -2.46. The number of nitrogens with zero attached hydrogens (tertiary/aromatic N) is 2. The number of amides is 1. The predicted octanol–water partition coefficient (Wildman–Crippen LogP) is 2.46. The van der Waals surface area contributed by atoms with E-state index in [1.54, 1.807) is 0 Å². The fourth-order valence-corrected chi connectivity index (χ4v) is 4.01. The van der Waals surface area contributed by atoms with Crippen molar-refractivity contribution in [1.82, 2.24) is 9.80 Å². The van der Waals surface area contributed by atoms with Gasteiger partial charge in [-0.15, -0.1) is 0 Å². The van der Waals surface area contributed by atoms with Crippen LogP contribution in [0.3, 0.4) is 0 Å². The summed E-state index contributed by atoms with van der Waals surface area (Å²) in [6.07, 6.45) is 3.97. The zero-order valence-electron chi connectivity index (χ0n) is 14.8. The maximum Gasteiger partial charge on any atom is 0.303 e. The maximum atomic E-state index is 12.5. The highest BCUT2D eigenvalue weighted by Gasteiger charge is 2.34. The third-order valence-electron chi connectivity index (χ3n) is 5.17. The summed E-state index contributed by atoms with van der Waals surface area (Å²) in [5, 5.41) is 8.90. The van der Waals surface area contributed by atoms with Crippen molar-refractivity contribution in [2.75, 3.05) is 26.2 Å². The Bertz CT molecular complexity index is 416. The monoisotopic (exact) mass is 324 g/mol. The topological polar surface area (TPSA) is 60.9 Å². The molecule has 2 rings (SSSR count). The average Bonchev–Trinajstić information content (AvgIpc) is 2.80. The summed E-state index contributed by atoms with van der Waals surface area (Å²) < 4.78 is 0. The molecule has 0 radical (unpaired) electrons. The summed E-state index contributed by atoms with van der Waals surface area (Å²) in [6, 6.07) is 0.340. The summed E-state index contributed by atoms with van der Waals surface area (Å²) in [4.78, 5) is 27.8. The number of carbonyl (C=O) groups is 2. The van der Waals surface area contributed by atoms with Crippen LogP contribution in [0.25, 0.3) is 0 Å². The van der Waals surface area contributed by atoms with E-state index in [4.69, 9.17) is 5.11 Å². The largest absolute Gasteiger partial charge is 0.481 e. The lowest BCUT2D eigenvalue weighted by atomic mass is 9.93. The van der Waals surface area contributed by atoms with Gasteiger partial charge in [0.15, 0.2) is 0 Å². The summed E-state index contributed by atoms with van der Waals surface area (Å²) >= 11 is 0. The van der Waals surface area contributed by atoms with E-state index in [9.17, 15) is 9.59 Å². The van der Waals surface area contributed by atoms with Gasteiger partial charge in [-0.05, 0) is 50.1 Å². The maximum absolute atomic E-state index is 12.5. The molecule has 5 nitrogen and oxygen atoms in total. The van der Waals surface area contributed by atoms with Crippen LogP contribution in [0.15, 0.2) is 0 Å². The second-order valence-electron chi connectivity index (χ2n) is 7.98. The Labute approximate surface area is 140 Å². The van der Waals surface area contributed by atoms with Gasteiger partial charge in [-0.3, -0.25) is 9.59 Å². The Kier molecular flexibility index (Phi) is 6.45. The third kappa shape index (κ3) is 5.48. The molecule has 0 aromatic rings. The number of piperidine rings is 1. The van der Waals surface area contributed by atoms with Crippen LogP contribution in [0, 0.1) is 17.8 Å². The van der Waals surface area contributed by atoms with E-state index in [2.05, 4.69) is 30.6 Å². The molecule has 1 N–H and O–H groups in total. The number of aliphatic carboxylic acids is 1. The van der Waals surface area contributed by atoms with Crippen molar-refractivity contribution < 1.29 is 14.7 Å². The van der Waals surface area contributed by atoms with Gasteiger partial charge in [-0.25, -0.2) is 0 Å². The molecule has 2 aliphatic rings. The molecule has 0 aromatic carbocycles. The van der Waals surface area contributed by atoms with E-state index in [0.717, 1.165) is 45.4 Å². The van der Waals surface area contributed by atoms with Gasteiger partial charge < -0.3 is 14.9 Å². The first-order valence-electron chi connectivity index (χ1n) is 9.08. The van der Waals surface area contributed by atoms with Crippen LogP contribution in [0.4, 0.5) is 0 Å². The molecule has 2 saturated heterocycles. The summed E-state index contributed by atoms with van der Waals surface area (Å²) in [6.45, 7) is 10.2. The number of carboxylic acids is 1. The molecule has 0 aromatic heterocycles. The Morgan fingerprint density at radius 2 is 1.87 bits per heavy atom. The molecule has 23 heavy (non-hydrogen) atoms. The Morgan fingerprint density at radius 1 is 1.22 bits per heavy atom. The van der Waals surface area contributed by atoms with E-state index in [1.807, 2.05) is 0 Å². The quantitative estimate of drug-likeness (QED) is 0.815. The van der Waals surface area contributed by atoms with E-state index >= 15 is 0 Å². The van der Waals surface area contributed by atoms with Crippen LogP contribution >= 0.6 is 0 Å². The first-order valence-corrected chi connectivity index (χ1v) is 9.08. The molecule has 1 amide bonds. The third-order valence-corrected chi connectivity index (χ3v) is 5.17. The smallest absolute Gasteiger partial charge is 0.303 e. The van der Waals surface area contributed by atoms with Gasteiger partial charge in [-0.1, -0.05) is 20.8 Å². The van der Waals surface area contributed by atoms with Crippen molar-refractivity contribution in [1.29, 1.82) is 0 Å². The van der Waals surface area contributed by atoms with Crippen molar-refractivity contribution in [2.45, 2.75) is 58.9 Å². The van der Waals surface area contributed by atoms with Crippen molar-refractivity contribution in [3.05, 3.63) is 0 Å². The second kappa shape index (κ2) is 8.13. The molecule has 0 aliphatic carbocycles. The molecule has 2 heterocycles. The highest BCUT2D eigenvalue weighted by Crippen LogP contribution is 2.27. The van der Waals surface area contributed by atoms with Gasteiger partial charge in [0, 0.05) is 32.0 Å². The van der Waals surface area contributed by atoms with Gasteiger partial charge >= 0.3 is 5.97 Å². The van der Waals surface area contributed by atoms with Crippen molar-refractivity contribution in [2.24, 2.45) is 17.8 Å². The Hall–Kier alpha value is -1.10. The fraction of sp³-hybridized carbons (Fsp3) is 0.889. The van der Waals surface area contributed by atoms with E-state index in [1.165, 1.54) is 0 Å². The first-order chi connectivity index (χ1) is 10.8. The zero-order chi connectivity index (χ0) is 17.0. The van der Waals surface area contributed by atoms with Crippen LogP contribution in [0.2, 0.25) is 0 Å². The highest BCUT2D eigenvalue weighted by atomic mass is 16.4. The van der Waals surface area contributed by atoms with Crippen LogP contribution in [-0.2, 0) is 9.59 Å². The number of hydrogen-bond acceptors (Lipinski definition) is 3. The standard InChI is InChI=1S/C18H32N2O3/c1-13(2)8-17(21)20-11-14(3)9-16(20)12-19-6-4-15(5-7-19)10-18(22)23/h13-16H,4-12H2,1-3H3,(H,22,23). The molecule has 2 atom stereocenters. The first kappa shape index (κ1) is 18.2. The van der Waals surface area contributed by atoms with Gasteiger partial charge in [0.2, 0.25) is 5.91 Å². The molecular weight excluding hydrogens is 292 g/mol. The number of likely N-dealkylation sites (tertiary alicyclic amines) is 2. The van der Waals surface area contributed by atoms with Crippen molar-refractivity contribution in [3.63, 3.8) is 0 Å². The van der Waals surface area contributed by atoms with Gasteiger partial charge in [-0.2, -0.15) is 0 Å². The minimum Gasteiger partial charge on any atom is -0.481 e. The van der Waals surface area contributed by atoms with Gasteiger partial charge in [0.1, 0.15) is 0 Å². The SMILES string of the molecule is CC(C)CC(=O)N1CC(C)CC1CN1CCC(CC(=O)O)CC1. The lowest BCUT2D eigenvalue weighted by molar-refractivity contribution is -0.138. The zero-order valence-corrected chi connectivity index (χ0v) is 14.8. The van der Waals surface area contributed by atoms with Gasteiger partial charge in [0.05, 0.1) is 0 Å². The summed E-state index contributed by atoms with van der Waals surface area (Å²) in [7, 11) is 0. The number of carboxylic acid groups (broad SMARTS) is 1. The Balaban J connectivity index is 1.84. The highest BCUT2D eigenvalue weighted by molar-refractivity contribution is 5.77. The molecule has 2 unspecified atom stereocenters. The molecule has 0 spiro atoms. The van der Waals surface area contributed by atoms with Gasteiger partial charge in [0.25, 0.3) is 0 Å². The fourth-order valence-electron chi connectivity index (χ4n) is 4.01.